The summed E-state index contributed by atoms with van der Waals surface area (Å²) in [6.45, 7) is 0. The molecule has 0 aliphatic heterocycles. The summed E-state index contributed by atoms with van der Waals surface area (Å²) in [6, 6.07) is 25.2. The van der Waals surface area contributed by atoms with Crippen molar-refractivity contribution in [2.45, 2.75) is 0 Å². The Morgan fingerprint density at radius 3 is 2.10 bits per heavy atom. The van der Waals surface area contributed by atoms with Crippen LogP contribution in [0.15, 0.2) is 84.9 Å². The minimum atomic E-state index is -0.312. The number of nitrogens with one attached hydrogen (secondary N) is 2. The average molecular weight is 467 g/mol. The third kappa shape index (κ3) is 5.14. The maximum Gasteiger partial charge on any atom is 0.258 e. The van der Waals surface area contributed by atoms with Gasteiger partial charge in [0.25, 0.3) is 5.91 Å². The fraction of sp³-hybridized carbons (Fsp3) is 0. The molecule has 0 spiro atoms. The Bertz CT molecular complexity index is 1260. The Balaban J connectivity index is 1.40. The van der Waals surface area contributed by atoms with Crippen LogP contribution in [-0.4, -0.2) is 11.0 Å². The zero-order chi connectivity index (χ0) is 21.8. The number of ether oxygens (including phenoxy) is 1. The van der Waals surface area contributed by atoms with Crippen molar-refractivity contribution in [2.75, 3.05) is 5.32 Å². The van der Waals surface area contributed by atoms with Gasteiger partial charge in [0.15, 0.2) is 5.11 Å². The maximum absolute atomic E-state index is 12.7. The number of fused-ring (bicyclic) bond motifs is 1. The first-order valence-corrected chi connectivity index (χ1v) is 10.5. The molecule has 0 radical (unpaired) electrons. The summed E-state index contributed by atoms with van der Waals surface area (Å²) in [5.74, 6) is 1.03. The topological polar surface area (TPSA) is 50.4 Å². The highest BCUT2D eigenvalue weighted by molar-refractivity contribution is 7.80. The van der Waals surface area contributed by atoms with Crippen LogP contribution in [0.3, 0.4) is 0 Å². The van der Waals surface area contributed by atoms with Crippen LogP contribution in [0.5, 0.6) is 11.5 Å². The summed E-state index contributed by atoms with van der Waals surface area (Å²) < 4.78 is 5.77. The van der Waals surface area contributed by atoms with Gasteiger partial charge in [-0.2, -0.15) is 0 Å². The molecule has 0 bridgehead atoms. The summed E-state index contributed by atoms with van der Waals surface area (Å²) in [5, 5.41) is 8.72. The lowest BCUT2D eigenvalue weighted by Gasteiger charge is -2.12. The van der Waals surface area contributed by atoms with Crippen LogP contribution < -0.4 is 15.4 Å². The Morgan fingerprint density at radius 1 is 0.774 bits per heavy atom. The van der Waals surface area contributed by atoms with E-state index in [1.54, 1.807) is 66.7 Å². The second-order valence-corrected chi connectivity index (χ2v) is 7.88. The number of carbonyl (C=O) groups is 1. The quantitative estimate of drug-likeness (QED) is 0.316. The van der Waals surface area contributed by atoms with Crippen molar-refractivity contribution in [1.29, 1.82) is 0 Å². The number of rotatable bonds is 4. The van der Waals surface area contributed by atoms with Crippen molar-refractivity contribution >= 4 is 62.9 Å². The Labute approximate surface area is 194 Å². The number of thiocarbonyl (C=S) groups is 1. The monoisotopic (exact) mass is 466 g/mol. The summed E-state index contributed by atoms with van der Waals surface area (Å²) in [6.07, 6.45) is 0. The van der Waals surface area contributed by atoms with Crippen molar-refractivity contribution < 1.29 is 9.53 Å². The lowest BCUT2D eigenvalue weighted by molar-refractivity contribution is 0.0979. The van der Waals surface area contributed by atoms with E-state index in [1.807, 2.05) is 18.2 Å². The van der Waals surface area contributed by atoms with Crippen molar-refractivity contribution in [3.63, 3.8) is 0 Å². The van der Waals surface area contributed by atoms with E-state index in [0.29, 0.717) is 27.1 Å². The molecule has 7 heteroatoms. The van der Waals surface area contributed by atoms with Gasteiger partial charge in [0.1, 0.15) is 11.5 Å². The molecule has 0 fully saturated rings. The van der Waals surface area contributed by atoms with Gasteiger partial charge in [-0.1, -0.05) is 47.5 Å². The molecule has 154 valence electrons. The molecule has 4 nitrogen and oxygen atoms in total. The van der Waals surface area contributed by atoms with Gasteiger partial charge in [0.2, 0.25) is 0 Å². The molecule has 31 heavy (non-hydrogen) atoms. The van der Waals surface area contributed by atoms with Gasteiger partial charge in [-0.25, -0.2) is 0 Å². The molecule has 0 unspecified atom stereocenters. The minimum absolute atomic E-state index is 0.190. The van der Waals surface area contributed by atoms with Gasteiger partial charge >= 0.3 is 0 Å². The third-order valence-corrected chi connectivity index (χ3v) is 5.29. The molecular weight excluding hydrogens is 451 g/mol. The number of carbonyl (C=O) groups excluding carboxylic acids is 1. The zero-order valence-electron chi connectivity index (χ0n) is 16.1. The summed E-state index contributed by atoms with van der Waals surface area (Å²) in [7, 11) is 0. The first-order valence-electron chi connectivity index (χ1n) is 9.33. The maximum atomic E-state index is 12.7. The third-order valence-electron chi connectivity index (χ3n) is 4.50. The normalized spacial score (nSPS) is 10.5. The predicted octanol–water partition coefficient (Wildman–Crippen LogP) is 7.07. The number of amides is 1. The molecule has 0 aliphatic rings. The number of anilines is 1. The summed E-state index contributed by atoms with van der Waals surface area (Å²) in [5.41, 5.74) is 1.21. The Hall–Kier alpha value is -3.12. The first-order chi connectivity index (χ1) is 15.0. The van der Waals surface area contributed by atoms with E-state index in [2.05, 4.69) is 10.6 Å². The van der Waals surface area contributed by atoms with E-state index in [0.717, 1.165) is 16.5 Å². The van der Waals surface area contributed by atoms with E-state index in [4.69, 9.17) is 40.2 Å². The van der Waals surface area contributed by atoms with Crippen LogP contribution in [0.25, 0.3) is 10.8 Å². The number of hydrogen-bond donors (Lipinski definition) is 2. The van der Waals surface area contributed by atoms with E-state index >= 15 is 0 Å². The number of benzene rings is 4. The van der Waals surface area contributed by atoms with Gasteiger partial charge in [-0.15, -0.1) is 0 Å². The fourth-order valence-electron chi connectivity index (χ4n) is 3.05. The Morgan fingerprint density at radius 2 is 1.39 bits per heavy atom. The standard InChI is InChI=1S/C24H16Cl2N2O2S/c25-15-7-11-17(12-8-15)30-18-13-9-16(10-14-18)27-24(31)28-23(29)21-5-1-4-20-19(21)3-2-6-22(20)26/h1-14H,(H2,27,28,29,31). The molecule has 0 heterocycles. The van der Waals surface area contributed by atoms with E-state index < -0.39 is 0 Å². The molecule has 0 saturated carbocycles. The molecular formula is C24H16Cl2N2O2S. The predicted molar refractivity (Wildman–Crippen MR) is 131 cm³/mol. The van der Waals surface area contributed by atoms with Crippen molar-refractivity contribution in [1.82, 2.24) is 5.32 Å². The average Bonchev–Trinajstić information content (AvgIpc) is 2.76. The number of halogens is 2. The molecule has 4 aromatic rings. The van der Waals surface area contributed by atoms with Crippen molar-refractivity contribution in [3.8, 4) is 11.5 Å². The van der Waals surface area contributed by atoms with Crippen LogP contribution in [0.4, 0.5) is 5.69 Å². The molecule has 4 rings (SSSR count). The van der Waals surface area contributed by atoms with Crippen LogP contribution in [-0.2, 0) is 0 Å². The fourth-order valence-corrected chi connectivity index (χ4v) is 3.62. The second-order valence-electron chi connectivity index (χ2n) is 6.63. The van der Waals surface area contributed by atoms with Crippen LogP contribution in [0, 0.1) is 0 Å². The highest BCUT2D eigenvalue weighted by atomic mass is 35.5. The molecule has 0 saturated heterocycles. The number of hydrogen-bond acceptors (Lipinski definition) is 3. The van der Waals surface area contributed by atoms with Crippen LogP contribution in [0.1, 0.15) is 10.4 Å². The molecule has 1 amide bonds. The second kappa shape index (κ2) is 9.35. The zero-order valence-corrected chi connectivity index (χ0v) is 18.4. The van der Waals surface area contributed by atoms with Gasteiger partial charge in [0.05, 0.1) is 0 Å². The molecule has 0 atom stereocenters. The Kier molecular flexibility index (Phi) is 6.37. The van der Waals surface area contributed by atoms with Gasteiger partial charge in [-0.05, 0) is 78.3 Å². The lowest BCUT2D eigenvalue weighted by Crippen LogP contribution is -2.34. The smallest absolute Gasteiger partial charge is 0.258 e. The van der Waals surface area contributed by atoms with E-state index in [1.165, 1.54) is 0 Å². The lowest BCUT2D eigenvalue weighted by atomic mass is 10.0. The van der Waals surface area contributed by atoms with Gasteiger partial charge < -0.3 is 10.1 Å². The molecule has 2 N–H and O–H groups in total. The van der Waals surface area contributed by atoms with Crippen LogP contribution >= 0.6 is 35.4 Å². The SMILES string of the molecule is O=C(NC(=S)Nc1ccc(Oc2ccc(Cl)cc2)cc1)c1cccc2c(Cl)cccc12. The van der Waals surface area contributed by atoms with Crippen LogP contribution in [0.2, 0.25) is 10.0 Å². The highest BCUT2D eigenvalue weighted by Crippen LogP contribution is 2.26. The molecule has 0 aromatic heterocycles. The van der Waals surface area contributed by atoms with Gasteiger partial charge in [-0.3, -0.25) is 10.1 Å². The summed E-state index contributed by atoms with van der Waals surface area (Å²) in [4.78, 5) is 12.7. The van der Waals surface area contributed by atoms with Crippen molar-refractivity contribution in [2.24, 2.45) is 0 Å². The van der Waals surface area contributed by atoms with Gasteiger partial charge in [0, 0.05) is 26.7 Å². The molecule has 0 aliphatic carbocycles. The highest BCUT2D eigenvalue weighted by Gasteiger charge is 2.12. The van der Waals surface area contributed by atoms with E-state index in [9.17, 15) is 4.79 Å². The van der Waals surface area contributed by atoms with E-state index in [-0.39, 0.29) is 11.0 Å². The summed E-state index contributed by atoms with van der Waals surface area (Å²) >= 11 is 17.4. The van der Waals surface area contributed by atoms with Crippen molar-refractivity contribution in [3.05, 3.63) is 101 Å². The largest absolute Gasteiger partial charge is 0.457 e. The first kappa shape index (κ1) is 21.1. The molecule has 4 aromatic carbocycles. The minimum Gasteiger partial charge on any atom is -0.457 e.